The van der Waals surface area contributed by atoms with Crippen LogP contribution < -0.4 is 4.74 Å². The molecule has 28 heavy (non-hydrogen) atoms. The molecular formula is C21H26N2O5. The number of ketones is 2. The van der Waals surface area contributed by atoms with Gasteiger partial charge in [0.15, 0.2) is 18.2 Å². The summed E-state index contributed by atoms with van der Waals surface area (Å²) >= 11 is 0. The van der Waals surface area contributed by atoms with Crippen molar-refractivity contribution in [3.63, 3.8) is 0 Å². The number of Topliss-reactive ketones (excluding diaryl/α,β-unsaturated/α-hetero) is 2. The summed E-state index contributed by atoms with van der Waals surface area (Å²) in [5.41, 5.74) is 0.366. The number of nitrogens with one attached hydrogen (secondary N) is 1. The standard InChI is InChI=1S/C21H26N2O5/c1-3-4-5-12-27-17-8-6-16(7-9-17)19(24)10-11-21(26)28-14-20(25)18(13-22)15(2)23/h6-9,18,23H,3-5,10-12,14H2,1-2H3/t18-/m0/s1. The Bertz CT molecular complexity index is 734. The largest absolute Gasteiger partial charge is 0.494 e. The van der Waals surface area contributed by atoms with Crippen LogP contribution in [0, 0.1) is 22.7 Å². The summed E-state index contributed by atoms with van der Waals surface area (Å²) in [4.78, 5) is 35.6. The Kier molecular flexibility index (Phi) is 10.2. The molecule has 0 radical (unpaired) electrons. The normalized spacial score (nSPS) is 11.2. The molecule has 1 rings (SSSR count). The minimum absolute atomic E-state index is 0.0466. The number of nitriles is 1. The average Bonchev–Trinajstić information content (AvgIpc) is 2.68. The van der Waals surface area contributed by atoms with E-state index in [0.717, 1.165) is 19.3 Å². The molecule has 1 N–H and O–H groups in total. The third kappa shape index (κ3) is 8.12. The maximum absolute atomic E-state index is 12.2. The van der Waals surface area contributed by atoms with E-state index < -0.39 is 24.3 Å². The monoisotopic (exact) mass is 386 g/mol. The number of hydrogen-bond acceptors (Lipinski definition) is 7. The van der Waals surface area contributed by atoms with Crippen LogP contribution in [0.3, 0.4) is 0 Å². The summed E-state index contributed by atoms with van der Waals surface area (Å²) in [6.45, 7) is 3.52. The topological polar surface area (TPSA) is 117 Å². The van der Waals surface area contributed by atoms with Gasteiger partial charge in [-0.05, 0) is 37.6 Å². The van der Waals surface area contributed by atoms with E-state index in [1.54, 1.807) is 30.3 Å². The van der Waals surface area contributed by atoms with Crippen molar-refractivity contribution >= 4 is 23.2 Å². The van der Waals surface area contributed by atoms with E-state index in [1.807, 2.05) is 0 Å². The number of unbranched alkanes of at least 4 members (excludes halogenated alkanes) is 2. The van der Waals surface area contributed by atoms with E-state index in [9.17, 15) is 14.4 Å². The molecule has 0 spiro atoms. The zero-order valence-corrected chi connectivity index (χ0v) is 16.3. The Hall–Kier alpha value is -3.01. The van der Waals surface area contributed by atoms with Gasteiger partial charge in [0.1, 0.15) is 11.7 Å². The highest BCUT2D eigenvalue weighted by Gasteiger charge is 2.21. The fraction of sp³-hybridized carbons (Fsp3) is 0.476. The summed E-state index contributed by atoms with van der Waals surface area (Å²) in [6.07, 6.45) is 3.00. The first kappa shape index (κ1) is 23.0. The van der Waals surface area contributed by atoms with E-state index in [4.69, 9.17) is 20.1 Å². The number of hydrogen-bond donors (Lipinski definition) is 1. The molecule has 0 amide bonds. The smallest absolute Gasteiger partial charge is 0.306 e. The molecule has 0 aromatic heterocycles. The second-order valence-corrected chi connectivity index (χ2v) is 6.38. The molecule has 7 heteroatoms. The van der Waals surface area contributed by atoms with E-state index in [2.05, 4.69) is 6.92 Å². The zero-order valence-electron chi connectivity index (χ0n) is 16.3. The molecule has 0 aliphatic carbocycles. The average molecular weight is 386 g/mol. The third-order valence-corrected chi connectivity index (χ3v) is 4.01. The van der Waals surface area contributed by atoms with Gasteiger partial charge in [-0.3, -0.25) is 14.4 Å². The van der Waals surface area contributed by atoms with Gasteiger partial charge in [-0.1, -0.05) is 19.8 Å². The van der Waals surface area contributed by atoms with Gasteiger partial charge in [-0.15, -0.1) is 0 Å². The predicted octanol–water partition coefficient (Wildman–Crippen LogP) is 3.51. The van der Waals surface area contributed by atoms with Crippen molar-refractivity contribution < 1.29 is 23.9 Å². The van der Waals surface area contributed by atoms with Crippen molar-refractivity contribution in [3.8, 4) is 11.8 Å². The second-order valence-electron chi connectivity index (χ2n) is 6.38. The van der Waals surface area contributed by atoms with Gasteiger partial charge in [-0.2, -0.15) is 5.26 Å². The molecular weight excluding hydrogens is 360 g/mol. The van der Waals surface area contributed by atoms with Crippen molar-refractivity contribution in [1.82, 2.24) is 0 Å². The van der Waals surface area contributed by atoms with Gasteiger partial charge in [0.25, 0.3) is 0 Å². The Morgan fingerprint density at radius 3 is 2.39 bits per heavy atom. The van der Waals surface area contributed by atoms with E-state index in [0.29, 0.717) is 17.9 Å². The maximum Gasteiger partial charge on any atom is 0.306 e. The number of carbonyl (C=O) groups excluding carboxylic acids is 3. The van der Waals surface area contributed by atoms with Crippen LogP contribution in [0.5, 0.6) is 5.75 Å². The lowest BCUT2D eigenvalue weighted by Crippen LogP contribution is -2.25. The van der Waals surface area contributed by atoms with Crippen LogP contribution in [0.25, 0.3) is 0 Å². The highest BCUT2D eigenvalue weighted by atomic mass is 16.5. The fourth-order valence-corrected chi connectivity index (χ4v) is 2.36. The van der Waals surface area contributed by atoms with E-state index in [1.165, 1.54) is 6.92 Å². The number of rotatable bonds is 13. The lowest BCUT2D eigenvalue weighted by atomic mass is 10.0. The van der Waals surface area contributed by atoms with Gasteiger partial charge in [0.05, 0.1) is 19.1 Å². The minimum Gasteiger partial charge on any atom is -0.494 e. The molecule has 0 unspecified atom stereocenters. The summed E-state index contributed by atoms with van der Waals surface area (Å²) in [6, 6.07) is 8.43. The number of nitrogens with zero attached hydrogens (tertiary/aromatic N) is 1. The summed E-state index contributed by atoms with van der Waals surface area (Å²) in [5.74, 6) is -2.08. The van der Waals surface area contributed by atoms with Gasteiger partial charge in [-0.25, -0.2) is 0 Å². The number of esters is 1. The van der Waals surface area contributed by atoms with Crippen LogP contribution in [0.15, 0.2) is 24.3 Å². The SMILES string of the molecule is CCCCCOc1ccc(C(=O)CCC(=O)OCC(=O)[C@@H](C#N)C(C)=N)cc1. The van der Waals surface area contributed by atoms with E-state index in [-0.39, 0.29) is 24.3 Å². The first-order valence-electron chi connectivity index (χ1n) is 9.28. The Morgan fingerprint density at radius 1 is 1.14 bits per heavy atom. The summed E-state index contributed by atoms with van der Waals surface area (Å²) in [5, 5.41) is 16.2. The first-order valence-corrected chi connectivity index (χ1v) is 9.28. The molecule has 0 aliphatic heterocycles. The maximum atomic E-state index is 12.2. The molecule has 0 aliphatic rings. The summed E-state index contributed by atoms with van der Waals surface area (Å²) in [7, 11) is 0. The van der Waals surface area contributed by atoms with Gasteiger partial charge >= 0.3 is 5.97 Å². The highest BCUT2D eigenvalue weighted by Crippen LogP contribution is 2.15. The van der Waals surface area contributed by atoms with Crippen molar-refractivity contribution in [2.24, 2.45) is 5.92 Å². The first-order chi connectivity index (χ1) is 13.4. The number of carbonyl (C=O) groups is 3. The van der Waals surface area contributed by atoms with Crippen LogP contribution in [0.2, 0.25) is 0 Å². The Balaban J connectivity index is 2.39. The fourth-order valence-electron chi connectivity index (χ4n) is 2.36. The lowest BCUT2D eigenvalue weighted by molar-refractivity contribution is -0.148. The van der Waals surface area contributed by atoms with Gasteiger partial charge in [0.2, 0.25) is 0 Å². The Morgan fingerprint density at radius 2 is 1.82 bits per heavy atom. The van der Waals surface area contributed by atoms with Gasteiger partial charge in [0, 0.05) is 17.7 Å². The van der Waals surface area contributed by atoms with E-state index >= 15 is 0 Å². The molecule has 1 atom stereocenters. The van der Waals surface area contributed by atoms with Crippen LogP contribution in [-0.4, -0.2) is 36.5 Å². The van der Waals surface area contributed by atoms with Crippen LogP contribution in [0.1, 0.15) is 56.3 Å². The molecule has 0 saturated carbocycles. The van der Waals surface area contributed by atoms with Crippen molar-refractivity contribution in [2.75, 3.05) is 13.2 Å². The molecule has 0 heterocycles. The van der Waals surface area contributed by atoms with Crippen LogP contribution in [-0.2, 0) is 14.3 Å². The third-order valence-electron chi connectivity index (χ3n) is 4.01. The second kappa shape index (κ2) is 12.4. The predicted molar refractivity (Wildman–Crippen MR) is 103 cm³/mol. The molecule has 7 nitrogen and oxygen atoms in total. The van der Waals surface area contributed by atoms with Crippen molar-refractivity contribution in [2.45, 2.75) is 46.0 Å². The molecule has 150 valence electrons. The van der Waals surface area contributed by atoms with Gasteiger partial charge < -0.3 is 14.9 Å². The summed E-state index contributed by atoms with van der Waals surface area (Å²) < 4.78 is 10.4. The Labute approximate surface area is 165 Å². The van der Waals surface area contributed by atoms with Crippen molar-refractivity contribution in [1.29, 1.82) is 10.7 Å². The zero-order chi connectivity index (χ0) is 20.9. The molecule has 0 bridgehead atoms. The molecule has 1 aromatic rings. The quantitative estimate of drug-likeness (QED) is 0.240. The number of ether oxygens (including phenoxy) is 2. The molecule has 0 fully saturated rings. The number of benzene rings is 1. The lowest BCUT2D eigenvalue weighted by Gasteiger charge is -2.08. The molecule has 1 aromatic carbocycles. The highest BCUT2D eigenvalue weighted by molar-refractivity contribution is 6.06. The van der Waals surface area contributed by atoms with Crippen molar-refractivity contribution in [3.05, 3.63) is 29.8 Å². The van der Waals surface area contributed by atoms with Crippen LogP contribution in [0.4, 0.5) is 0 Å². The molecule has 0 saturated heterocycles. The van der Waals surface area contributed by atoms with Crippen LogP contribution >= 0.6 is 0 Å². The minimum atomic E-state index is -1.21.